The maximum Gasteiger partial charge on any atom is 0.354 e. The Bertz CT molecular complexity index is 550. The van der Waals surface area contributed by atoms with Gasteiger partial charge in [-0.25, -0.2) is 9.78 Å². The van der Waals surface area contributed by atoms with Crippen LogP contribution in [-0.4, -0.2) is 26.2 Å². The Balaban J connectivity index is 1.92. The van der Waals surface area contributed by atoms with Crippen LogP contribution < -0.4 is 4.74 Å². The van der Waals surface area contributed by atoms with E-state index >= 15 is 0 Å². The summed E-state index contributed by atoms with van der Waals surface area (Å²) in [5.41, 5.74) is -0.0304. The van der Waals surface area contributed by atoms with E-state index in [2.05, 4.69) is 15.1 Å². The lowest BCUT2D eigenvalue weighted by Crippen LogP contribution is -2.01. The zero-order valence-corrected chi connectivity index (χ0v) is 10.4. The highest BCUT2D eigenvalue weighted by molar-refractivity contribution is 5.85. The lowest BCUT2D eigenvalue weighted by molar-refractivity contribution is 0.0690. The molecule has 0 aliphatic carbocycles. The molecule has 7 heteroatoms. The predicted octanol–water partition coefficient (Wildman–Crippen LogP) is 1.69. The van der Waals surface area contributed by atoms with Crippen molar-refractivity contribution in [1.82, 2.24) is 15.1 Å². The fourth-order valence-corrected chi connectivity index (χ4v) is 1.40. The lowest BCUT2D eigenvalue weighted by atomic mass is 10.3. The van der Waals surface area contributed by atoms with Crippen molar-refractivity contribution in [1.29, 1.82) is 0 Å². The van der Waals surface area contributed by atoms with Crippen LogP contribution in [0.3, 0.4) is 0 Å². The van der Waals surface area contributed by atoms with Crippen molar-refractivity contribution in [3.8, 4) is 5.75 Å². The molecule has 1 N–H and O–H groups in total. The van der Waals surface area contributed by atoms with E-state index in [-0.39, 0.29) is 12.3 Å². The highest BCUT2D eigenvalue weighted by Gasteiger charge is 2.07. The number of carboxylic acids is 1. The van der Waals surface area contributed by atoms with Crippen LogP contribution in [0.25, 0.3) is 0 Å². The number of rotatable bonds is 6. The number of aromatic nitrogens is 3. The second kappa shape index (κ2) is 5.94. The summed E-state index contributed by atoms with van der Waals surface area (Å²) >= 11 is 0. The van der Waals surface area contributed by atoms with Crippen LogP contribution in [0.4, 0.5) is 0 Å². The van der Waals surface area contributed by atoms with Gasteiger partial charge in [-0.1, -0.05) is 12.1 Å². The number of aromatic carboxylic acids is 1. The summed E-state index contributed by atoms with van der Waals surface area (Å²) in [7, 11) is 0. The smallest absolute Gasteiger partial charge is 0.354 e. The van der Waals surface area contributed by atoms with Gasteiger partial charge >= 0.3 is 5.97 Å². The molecule has 2 heterocycles. The second-order valence-electron chi connectivity index (χ2n) is 3.83. The van der Waals surface area contributed by atoms with Crippen molar-refractivity contribution >= 4 is 5.97 Å². The summed E-state index contributed by atoms with van der Waals surface area (Å²) in [5, 5.41) is 12.5. The van der Waals surface area contributed by atoms with Crippen LogP contribution in [0.2, 0.25) is 0 Å². The van der Waals surface area contributed by atoms with Gasteiger partial charge in [-0.05, 0) is 18.6 Å². The lowest BCUT2D eigenvalue weighted by Gasteiger charge is -2.02. The number of carbonyl (C=O) groups is 1. The summed E-state index contributed by atoms with van der Waals surface area (Å²) < 4.78 is 10.4. The first-order chi connectivity index (χ1) is 9.19. The van der Waals surface area contributed by atoms with Crippen LogP contribution in [0, 0.1) is 0 Å². The standard InChI is InChI=1S/C12H13N3O4/c1-2-3-11-14-10(15-19-11)7-18-8-4-5-9(12(16)17)13-6-8/h4-6H,2-3,7H2,1H3,(H,16,17). The van der Waals surface area contributed by atoms with Gasteiger partial charge in [0.15, 0.2) is 6.61 Å². The molecule has 0 aliphatic rings. The monoisotopic (exact) mass is 263 g/mol. The second-order valence-corrected chi connectivity index (χ2v) is 3.83. The summed E-state index contributed by atoms with van der Waals surface area (Å²) in [5.74, 6) is 0.409. The van der Waals surface area contributed by atoms with Crippen molar-refractivity contribution in [3.63, 3.8) is 0 Å². The Morgan fingerprint density at radius 2 is 2.32 bits per heavy atom. The van der Waals surface area contributed by atoms with Crippen molar-refractivity contribution in [2.45, 2.75) is 26.4 Å². The summed E-state index contributed by atoms with van der Waals surface area (Å²) in [6.45, 7) is 2.18. The van der Waals surface area contributed by atoms with E-state index in [0.29, 0.717) is 17.5 Å². The largest absolute Gasteiger partial charge is 0.484 e. The van der Waals surface area contributed by atoms with Crippen LogP contribution in [0.15, 0.2) is 22.9 Å². The number of hydrogen-bond acceptors (Lipinski definition) is 6. The van der Waals surface area contributed by atoms with Gasteiger partial charge in [0.1, 0.15) is 11.4 Å². The molecule has 0 radical (unpaired) electrons. The number of carboxylic acid groups (broad SMARTS) is 1. The average Bonchev–Trinajstić information content (AvgIpc) is 2.85. The Morgan fingerprint density at radius 1 is 1.47 bits per heavy atom. The van der Waals surface area contributed by atoms with E-state index in [0.717, 1.165) is 12.8 Å². The van der Waals surface area contributed by atoms with Gasteiger partial charge in [0.2, 0.25) is 11.7 Å². The molecule has 100 valence electrons. The van der Waals surface area contributed by atoms with E-state index < -0.39 is 5.97 Å². The van der Waals surface area contributed by atoms with Crippen LogP contribution in [0.1, 0.15) is 35.5 Å². The first-order valence-corrected chi connectivity index (χ1v) is 5.82. The van der Waals surface area contributed by atoms with E-state index in [1.165, 1.54) is 18.3 Å². The van der Waals surface area contributed by atoms with E-state index in [1.54, 1.807) is 0 Å². The number of nitrogens with zero attached hydrogens (tertiary/aromatic N) is 3. The van der Waals surface area contributed by atoms with Gasteiger partial charge in [-0.2, -0.15) is 4.98 Å². The Labute approximate surface area is 109 Å². The Morgan fingerprint density at radius 3 is 2.95 bits per heavy atom. The highest BCUT2D eigenvalue weighted by Crippen LogP contribution is 2.11. The molecule has 7 nitrogen and oxygen atoms in total. The van der Waals surface area contributed by atoms with Crippen molar-refractivity contribution < 1.29 is 19.2 Å². The topological polar surface area (TPSA) is 98.3 Å². The quantitative estimate of drug-likeness (QED) is 0.846. The maximum absolute atomic E-state index is 10.6. The summed E-state index contributed by atoms with van der Waals surface area (Å²) in [6, 6.07) is 2.90. The van der Waals surface area contributed by atoms with E-state index in [9.17, 15) is 4.79 Å². The zero-order valence-electron chi connectivity index (χ0n) is 10.4. The minimum atomic E-state index is -1.08. The molecule has 0 spiro atoms. The van der Waals surface area contributed by atoms with Gasteiger partial charge in [0.05, 0.1) is 6.20 Å². The first kappa shape index (κ1) is 13.0. The molecule has 2 rings (SSSR count). The molecule has 0 aromatic carbocycles. The third kappa shape index (κ3) is 3.51. The minimum absolute atomic E-state index is 0.0304. The number of pyridine rings is 1. The third-order valence-corrected chi connectivity index (χ3v) is 2.30. The molecule has 0 fully saturated rings. The average molecular weight is 263 g/mol. The van der Waals surface area contributed by atoms with Gasteiger partial charge in [-0.3, -0.25) is 0 Å². The van der Waals surface area contributed by atoms with Crippen molar-refractivity contribution in [3.05, 3.63) is 35.7 Å². The van der Waals surface area contributed by atoms with Crippen LogP contribution in [0.5, 0.6) is 5.75 Å². The fourth-order valence-electron chi connectivity index (χ4n) is 1.40. The Hall–Kier alpha value is -2.44. The SMILES string of the molecule is CCCc1nc(COc2ccc(C(=O)O)nc2)no1. The van der Waals surface area contributed by atoms with Crippen LogP contribution in [-0.2, 0) is 13.0 Å². The maximum atomic E-state index is 10.6. The Kier molecular flexibility index (Phi) is 4.07. The molecule has 2 aromatic rings. The molecule has 0 atom stereocenters. The van der Waals surface area contributed by atoms with E-state index in [4.69, 9.17) is 14.4 Å². The third-order valence-electron chi connectivity index (χ3n) is 2.30. The number of hydrogen-bond donors (Lipinski definition) is 1. The molecule has 19 heavy (non-hydrogen) atoms. The van der Waals surface area contributed by atoms with Crippen LogP contribution >= 0.6 is 0 Å². The summed E-state index contributed by atoms with van der Waals surface area (Å²) in [6.07, 6.45) is 3.02. The zero-order chi connectivity index (χ0) is 13.7. The molecule has 0 amide bonds. The molecule has 0 aliphatic heterocycles. The first-order valence-electron chi connectivity index (χ1n) is 5.82. The highest BCUT2D eigenvalue weighted by atomic mass is 16.5. The minimum Gasteiger partial charge on any atom is -0.484 e. The number of ether oxygens (including phenoxy) is 1. The molecular weight excluding hydrogens is 250 g/mol. The predicted molar refractivity (Wildman–Crippen MR) is 63.8 cm³/mol. The molecule has 2 aromatic heterocycles. The normalized spacial score (nSPS) is 10.4. The fraction of sp³-hybridized carbons (Fsp3) is 0.333. The molecule has 0 saturated carbocycles. The van der Waals surface area contributed by atoms with Crippen molar-refractivity contribution in [2.75, 3.05) is 0 Å². The molecule has 0 saturated heterocycles. The van der Waals surface area contributed by atoms with Gasteiger partial charge in [0.25, 0.3) is 0 Å². The van der Waals surface area contributed by atoms with E-state index in [1.807, 2.05) is 6.92 Å². The van der Waals surface area contributed by atoms with Gasteiger partial charge in [0, 0.05) is 6.42 Å². The van der Waals surface area contributed by atoms with Gasteiger partial charge in [-0.15, -0.1) is 0 Å². The number of aryl methyl sites for hydroxylation is 1. The molecular formula is C12H13N3O4. The summed E-state index contributed by atoms with van der Waals surface area (Å²) in [4.78, 5) is 18.5. The van der Waals surface area contributed by atoms with Crippen molar-refractivity contribution in [2.24, 2.45) is 0 Å². The van der Waals surface area contributed by atoms with Gasteiger partial charge < -0.3 is 14.4 Å². The molecule has 0 unspecified atom stereocenters. The molecule has 0 bridgehead atoms.